The largest absolute Gasteiger partial charge is 0.496 e. The number of carbonyl (C=O) groups excluding carboxylic acids is 1. The summed E-state index contributed by atoms with van der Waals surface area (Å²) in [6.45, 7) is 0. The SMILES string of the molecule is COc1cc(Cl)ccc1C(=O)NC1(C(N)=S)CCCC1. The summed E-state index contributed by atoms with van der Waals surface area (Å²) in [4.78, 5) is 12.8. The van der Waals surface area contributed by atoms with Gasteiger partial charge >= 0.3 is 0 Å². The predicted octanol–water partition coefficient (Wildman–Crippen LogP) is 2.68. The minimum atomic E-state index is -0.572. The molecule has 1 amide bonds. The van der Waals surface area contributed by atoms with Crippen molar-refractivity contribution in [1.29, 1.82) is 0 Å². The van der Waals surface area contributed by atoms with E-state index in [1.807, 2.05) is 0 Å². The van der Waals surface area contributed by atoms with Gasteiger partial charge in [0.05, 0.1) is 23.2 Å². The average Bonchev–Trinajstić information content (AvgIpc) is 2.88. The first-order valence-corrected chi connectivity index (χ1v) is 7.23. The number of ether oxygens (including phenoxy) is 1. The molecule has 0 saturated heterocycles. The summed E-state index contributed by atoms with van der Waals surface area (Å²) in [5.41, 5.74) is 5.68. The molecule has 0 radical (unpaired) electrons. The van der Waals surface area contributed by atoms with Gasteiger partial charge in [0.15, 0.2) is 0 Å². The second-order valence-electron chi connectivity index (χ2n) is 4.95. The van der Waals surface area contributed by atoms with Crippen LogP contribution in [-0.4, -0.2) is 23.5 Å². The molecule has 0 unspecified atom stereocenters. The van der Waals surface area contributed by atoms with Gasteiger partial charge in [-0.3, -0.25) is 4.79 Å². The van der Waals surface area contributed by atoms with Crippen molar-refractivity contribution in [3.8, 4) is 5.75 Å². The number of nitrogens with one attached hydrogen (secondary N) is 1. The normalized spacial score (nSPS) is 16.7. The Morgan fingerprint density at radius 1 is 1.45 bits per heavy atom. The number of rotatable bonds is 4. The molecule has 1 aliphatic carbocycles. The fraction of sp³-hybridized carbons (Fsp3) is 0.429. The topological polar surface area (TPSA) is 64.3 Å². The van der Waals surface area contributed by atoms with Gasteiger partial charge in [-0.25, -0.2) is 0 Å². The fourth-order valence-corrected chi connectivity index (χ4v) is 2.97. The molecule has 0 aliphatic heterocycles. The molecule has 20 heavy (non-hydrogen) atoms. The number of benzene rings is 1. The van der Waals surface area contributed by atoms with E-state index < -0.39 is 5.54 Å². The molecular weight excluding hydrogens is 296 g/mol. The molecule has 0 aromatic heterocycles. The van der Waals surface area contributed by atoms with Gasteiger partial charge in [0, 0.05) is 5.02 Å². The van der Waals surface area contributed by atoms with Gasteiger partial charge in [-0.1, -0.05) is 36.7 Å². The van der Waals surface area contributed by atoms with Crippen LogP contribution in [0.2, 0.25) is 5.02 Å². The number of halogens is 1. The summed E-state index contributed by atoms with van der Waals surface area (Å²) in [6, 6.07) is 4.90. The van der Waals surface area contributed by atoms with Gasteiger partial charge in [0.25, 0.3) is 5.91 Å². The molecule has 108 valence electrons. The van der Waals surface area contributed by atoms with E-state index in [0.29, 0.717) is 21.3 Å². The molecule has 1 fully saturated rings. The summed E-state index contributed by atoms with van der Waals surface area (Å²) in [7, 11) is 1.50. The van der Waals surface area contributed by atoms with E-state index >= 15 is 0 Å². The van der Waals surface area contributed by atoms with Crippen LogP contribution in [0, 0.1) is 0 Å². The summed E-state index contributed by atoms with van der Waals surface area (Å²) < 4.78 is 5.20. The van der Waals surface area contributed by atoms with E-state index in [0.717, 1.165) is 25.7 Å². The molecule has 0 atom stereocenters. The smallest absolute Gasteiger partial charge is 0.255 e. The van der Waals surface area contributed by atoms with E-state index in [9.17, 15) is 4.79 Å². The minimum Gasteiger partial charge on any atom is -0.496 e. The van der Waals surface area contributed by atoms with Crippen LogP contribution in [-0.2, 0) is 0 Å². The number of amides is 1. The number of hydrogen-bond acceptors (Lipinski definition) is 3. The second-order valence-corrected chi connectivity index (χ2v) is 5.83. The van der Waals surface area contributed by atoms with Crippen molar-refractivity contribution in [3.05, 3.63) is 28.8 Å². The lowest BCUT2D eigenvalue weighted by atomic mass is 9.97. The van der Waals surface area contributed by atoms with Gasteiger partial charge in [-0.05, 0) is 31.0 Å². The zero-order valence-electron chi connectivity index (χ0n) is 11.2. The number of thiocarbonyl (C=S) groups is 1. The fourth-order valence-electron chi connectivity index (χ4n) is 2.55. The number of nitrogens with two attached hydrogens (primary N) is 1. The van der Waals surface area contributed by atoms with E-state index in [1.54, 1.807) is 18.2 Å². The molecule has 0 heterocycles. The molecule has 1 aliphatic rings. The zero-order valence-corrected chi connectivity index (χ0v) is 12.8. The molecule has 1 aromatic carbocycles. The Kier molecular flexibility index (Phi) is 4.50. The predicted molar refractivity (Wildman–Crippen MR) is 83.5 cm³/mol. The van der Waals surface area contributed by atoms with Crippen molar-refractivity contribution in [2.45, 2.75) is 31.2 Å². The highest BCUT2D eigenvalue weighted by atomic mass is 35.5. The molecule has 2 rings (SSSR count). The highest BCUT2D eigenvalue weighted by molar-refractivity contribution is 7.80. The molecule has 6 heteroatoms. The molecule has 1 aromatic rings. The standard InChI is InChI=1S/C14H17ClN2O2S/c1-19-11-8-9(15)4-5-10(11)12(18)17-14(13(16)20)6-2-3-7-14/h4-5,8H,2-3,6-7H2,1H3,(H2,16,20)(H,17,18). The third-order valence-corrected chi connectivity index (χ3v) is 4.32. The Labute approximate surface area is 128 Å². The summed E-state index contributed by atoms with van der Waals surface area (Å²) in [6.07, 6.45) is 3.58. The number of hydrogen-bond donors (Lipinski definition) is 2. The molecule has 0 spiro atoms. The highest BCUT2D eigenvalue weighted by Crippen LogP contribution is 2.31. The molecule has 0 bridgehead atoms. The van der Waals surface area contributed by atoms with Crippen molar-refractivity contribution in [3.63, 3.8) is 0 Å². The molecular formula is C14H17ClN2O2S. The first kappa shape index (κ1) is 15.1. The van der Waals surface area contributed by atoms with Crippen molar-refractivity contribution in [2.75, 3.05) is 7.11 Å². The first-order chi connectivity index (χ1) is 9.48. The van der Waals surface area contributed by atoms with E-state index in [2.05, 4.69) is 5.32 Å². The first-order valence-electron chi connectivity index (χ1n) is 6.44. The van der Waals surface area contributed by atoms with Crippen LogP contribution in [0.1, 0.15) is 36.0 Å². The average molecular weight is 313 g/mol. The van der Waals surface area contributed by atoms with Gasteiger partial charge in [0.1, 0.15) is 5.75 Å². The van der Waals surface area contributed by atoms with Crippen LogP contribution in [0.5, 0.6) is 5.75 Å². The Morgan fingerprint density at radius 3 is 2.65 bits per heavy atom. The van der Waals surface area contributed by atoms with Crippen LogP contribution in [0.15, 0.2) is 18.2 Å². The third-order valence-electron chi connectivity index (χ3n) is 3.69. The third kappa shape index (κ3) is 2.88. The Hall–Kier alpha value is -1.33. The highest BCUT2D eigenvalue weighted by Gasteiger charge is 2.38. The van der Waals surface area contributed by atoms with Gasteiger partial charge in [0.2, 0.25) is 0 Å². The van der Waals surface area contributed by atoms with Crippen LogP contribution >= 0.6 is 23.8 Å². The van der Waals surface area contributed by atoms with E-state index in [4.69, 9.17) is 34.3 Å². The maximum Gasteiger partial charge on any atom is 0.255 e. The van der Waals surface area contributed by atoms with Gasteiger partial charge < -0.3 is 15.8 Å². The monoisotopic (exact) mass is 312 g/mol. The minimum absolute atomic E-state index is 0.242. The van der Waals surface area contributed by atoms with Crippen LogP contribution in [0.4, 0.5) is 0 Å². The maximum atomic E-state index is 12.5. The quantitative estimate of drug-likeness (QED) is 0.839. The Bertz CT molecular complexity index is 542. The summed E-state index contributed by atoms with van der Waals surface area (Å²) >= 11 is 11.0. The lowest BCUT2D eigenvalue weighted by molar-refractivity contribution is 0.0921. The van der Waals surface area contributed by atoms with E-state index in [-0.39, 0.29) is 5.91 Å². The van der Waals surface area contributed by atoms with Crippen molar-refractivity contribution >= 4 is 34.7 Å². The van der Waals surface area contributed by atoms with Crippen molar-refractivity contribution < 1.29 is 9.53 Å². The number of carbonyl (C=O) groups is 1. The lowest BCUT2D eigenvalue weighted by Crippen LogP contribution is -2.54. The molecule has 4 nitrogen and oxygen atoms in total. The summed E-state index contributed by atoms with van der Waals surface area (Å²) in [5, 5.41) is 3.49. The van der Waals surface area contributed by atoms with Crippen molar-refractivity contribution in [1.82, 2.24) is 5.32 Å². The summed E-state index contributed by atoms with van der Waals surface area (Å²) in [5.74, 6) is 0.194. The van der Waals surface area contributed by atoms with Crippen LogP contribution in [0.25, 0.3) is 0 Å². The van der Waals surface area contributed by atoms with Gasteiger partial charge in [-0.15, -0.1) is 0 Å². The molecule has 3 N–H and O–H groups in total. The van der Waals surface area contributed by atoms with Gasteiger partial charge in [-0.2, -0.15) is 0 Å². The van der Waals surface area contributed by atoms with E-state index in [1.165, 1.54) is 7.11 Å². The van der Waals surface area contributed by atoms with Crippen LogP contribution < -0.4 is 15.8 Å². The Morgan fingerprint density at radius 2 is 2.10 bits per heavy atom. The maximum absolute atomic E-state index is 12.5. The second kappa shape index (κ2) is 5.97. The zero-order chi connectivity index (χ0) is 14.8. The number of methoxy groups -OCH3 is 1. The Balaban J connectivity index is 2.26. The lowest BCUT2D eigenvalue weighted by Gasteiger charge is -2.29. The van der Waals surface area contributed by atoms with Crippen LogP contribution in [0.3, 0.4) is 0 Å². The van der Waals surface area contributed by atoms with Crippen molar-refractivity contribution in [2.24, 2.45) is 5.73 Å². The molecule has 1 saturated carbocycles.